The molecule has 0 aliphatic carbocycles. The first-order chi connectivity index (χ1) is 9.35. The molecule has 1 unspecified atom stereocenters. The van der Waals surface area contributed by atoms with E-state index in [1.54, 1.807) is 6.92 Å². The van der Waals surface area contributed by atoms with Gasteiger partial charge in [0.05, 0.1) is 7.11 Å². The van der Waals surface area contributed by atoms with Gasteiger partial charge in [0.25, 0.3) is 0 Å². The van der Waals surface area contributed by atoms with Crippen LogP contribution in [0, 0.1) is 0 Å². The normalized spacial score (nSPS) is 21.6. The van der Waals surface area contributed by atoms with E-state index < -0.39 is 17.5 Å². The average Bonchev–Trinajstić information content (AvgIpc) is 2.69. The van der Waals surface area contributed by atoms with Crippen LogP contribution in [0.2, 0.25) is 0 Å². The van der Waals surface area contributed by atoms with Gasteiger partial charge >= 0.3 is 6.18 Å². The number of carbonyl (C=O) groups excluding carboxylic acids is 1. The van der Waals surface area contributed by atoms with Gasteiger partial charge in [0.2, 0.25) is 0 Å². The molecule has 0 radical (unpaired) electrons. The number of fused-ring (bicyclic) bond motifs is 1. The number of rotatable bonds is 4. The third-order valence-corrected chi connectivity index (χ3v) is 3.60. The number of Topliss-reactive ketones (excluding diaryl/α,β-unsaturated/α-hetero) is 1. The molecule has 0 bridgehead atoms. The Hall–Kier alpha value is -1.72. The number of carbonyl (C=O) groups is 1. The quantitative estimate of drug-likeness (QED) is 0.915. The van der Waals surface area contributed by atoms with Crippen molar-refractivity contribution in [3.8, 4) is 5.75 Å². The Balaban J connectivity index is 2.46. The summed E-state index contributed by atoms with van der Waals surface area (Å²) in [5, 5.41) is 2.39. The van der Waals surface area contributed by atoms with Crippen molar-refractivity contribution in [3.05, 3.63) is 23.8 Å². The molecule has 0 spiro atoms. The van der Waals surface area contributed by atoms with Crippen LogP contribution < -0.4 is 10.1 Å². The summed E-state index contributed by atoms with van der Waals surface area (Å²) >= 11 is 0. The van der Waals surface area contributed by atoms with Crippen molar-refractivity contribution in [2.75, 3.05) is 12.4 Å². The summed E-state index contributed by atoms with van der Waals surface area (Å²) in [7, 11) is 1.41. The van der Waals surface area contributed by atoms with Crippen molar-refractivity contribution in [2.45, 2.75) is 37.9 Å². The van der Waals surface area contributed by atoms with Gasteiger partial charge in [0.15, 0.2) is 11.3 Å². The number of methoxy groups -OCH3 is 1. The molecule has 0 aromatic heterocycles. The second-order valence-corrected chi connectivity index (χ2v) is 4.87. The van der Waals surface area contributed by atoms with E-state index in [9.17, 15) is 18.0 Å². The molecule has 1 N–H and O–H groups in total. The van der Waals surface area contributed by atoms with Crippen LogP contribution in [0.4, 0.5) is 18.9 Å². The highest BCUT2D eigenvalue weighted by Crippen LogP contribution is 2.46. The fourth-order valence-corrected chi connectivity index (χ4v) is 2.42. The van der Waals surface area contributed by atoms with Gasteiger partial charge in [-0.05, 0) is 24.6 Å². The van der Waals surface area contributed by atoms with E-state index in [4.69, 9.17) is 4.74 Å². The standard InChI is InChI=1S/C14H16F3NO2/c1-3-4-7-13(14(15,16)17)12(19)10-8-9(20-2)5-6-11(10)18-13/h5-6,8,18H,3-4,7H2,1-2H3. The molecule has 0 saturated carbocycles. The zero-order valence-electron chi connectivity index (χ0n) is 11.3. The monoisotopic (exact) mass is 287 g/mol. The summed E-state index contributed by atoms with van der Waals surface area (Å²) in [6, 6.07) is 4.33. The molecule has 1 heterocycles. The van der Waals surface area contributed by atoms with Crippen molar-refractivity contribution >= 4 is 11.5 Å². The van der Waals surface area contributed by atoms with Crippen LogP contribution in [-0.4, -0.2) is 24.6 Å². The number of ether oxygens (including phenoxy) is 1. The first-order valence-electron chi connectivity index (χ1n) is 6.43. The fourth-order valence-electron chi connectivity index (χ4n) is 2.42. The smallest absolute Gasteiger partial charge is 0.419 e. The van der Waals surface area contributed by atoms with Crippen LogP contribution in [0.3, 0.4) is 0 Å². The molecule has 110 valence electrons. The third kappa shape index (κ3) is 2.13. The SMILES string of the molecule is CCCCC1(C(F)(F)F)Nc2ccc(OC)cc2C1=O. The van der Waals surface area contributed by atoms with E-state index in [0.29, 0.717) is 18.6 Å². The largest absolute Gasteiger partial charge is 0.497 e. The Morgan fingerprint density at radius 3 is 2.60 bits per heavy atom. The second-order valence-electron chi connectivity index (χ2n) is 4.87. The molecule has 1 aliphatic heterocycles. The summed E-state index contributed by atoms with van der Waals surface area (Å²) in [4.78, 5) is 12.3. The molecule has 2 rings (SSSR count). The topological polar surface area (TPSA) is 38.3 Å². The Kier molecular flexibility index (Phi) is 3.67. The summed E-state index contributed by atoms with van der Waals surface area (Å²) in [6.07, 6.45) is -3.98. The summed E-state index contributed by atoms with van der Waals surface area (Å²) < 4.78 is 45.2. The van der Waals surface area contributed by atoms with Crippen LogP contribution in [0.15, 0.2) is 18.2 Å². The molecule has 1 aliphatic rings. The van der Waals surface area contributed by atoms with Gasteiger partial charge in [0, 0.05) is 11.3 Å². The molecule has 1 aromatic carbocycles. The minimum atomic E-state index is -4.63. The Labute approximate surface area is 115 Å². The number of alkyl halides is 3. The number of unbranched alkanes of at least 4 members (excludes halogenated alkanes) is 1. The van der Waals surface area contributed by atoms with Gasteiger partial charge in [-0.3, -0.25) is 4.79 Å². The number of hydrogen-bond donors (Lipinski definition) is 1. The molecule has 0 fully saturated rings. The highest BCUT2D eigenvalue weighted by Gasteiger charge is 2.63. The van der Waals surface area contributed by atoms with E-state index in [0.717, 1.165) is 0 Å². The Morgan fingerprint density at radius 1 is 1.35 bits per heavy atom. The maximum atomic E-state index is 13.4. The zero-order chi connectivity index (χ0) is 15.0. The Bertz CT molecular complexity index is 528. The Morgan fingerprint density at radius 2 is 2.05 bits per heavy atom. The zero-order valence-corrected chi connectivity index (χ0v) is 11.3. The van der Waals surface area contributed by atoms with Gasteiger partial charge < -0.3 is 10.1 Å². The van der Waals surface area contributed by atoms with Gasteiger partial charge in [-0.25, -0.2) is 0 Å². The number of anilines is 1. The summed E-state index contributed by atoms with van der Waals surface area (Å²) in [5.41, 5.74) is -2.25. The van der Waals surface area contributed by atoms with Gasteiger partial charge in [-0.15, -0.1) is 0 Å². The van der Waals surface area contributed by atoms with Gasteiger partial charge in [-0.1, -0.05) is 19.8 Å². The van der Waals surface area contributed by atoms with E-state index in [1.807, 2.05) is 0 Å². The molecule has 1 aromatic rings. The highest BCUT2D eigenvalue weighted by atomic mass is 19.4. The van der Waals surface area contributed by atoms with Crippen LogP contribution in [0.5, 0.6) is 5.75 Å². The number of halogens is 3. The second kappa shape index (κ2) is 5.00. The molecule has 1 atom stereocenters. The summed E-state index contributed by atoms with van der Waals surface area (Å²) in [5.74, 6) is -0.556. The van der Waals surface area contributed by atoms with E-state index >= 15 is 0 Å². The van der Waals surface area contributed by atoms with Gasteiger partial charge in [-0.2, -0.15) is 13.2 Å². The molecule has 0 saturated heterocycles. The maximum Gasteiger partial charge on any atom is 0.419 e. The number of nitrogens with one attached hydrogen (secondary N) is 1. The lowest BCUT2D eigenvalue weighted by atomic mass is 9.87. The fraction of sp³-hybridized carbons (Fsp3) is 0.500. The number of ketones is 1. The predicted molar refractivity (Wildman–Crippen MR) is 69.3 cm³/mol. The van der Waals surface area contributed by atoms with Crippen LogP contribution in [0.25, 0.3) is 0 Å². The lowest BCUT2D eigenvalue weighted by Gasteiger charge is -2.30. The molecule has 3 nitrogen and oxygen atoms in total. The van der Waals surface area contributed by atoms with E-state index in [2.05, 4.69) is 5.32 Å². The molecule has 6 heteroatoms. The average molecular weight is 287 g/mol. The van der Waals surface area contributed by atoms with Crippen molar-refractivity contribution in [2.24, 2.45) is 0 Å². The van der Waals surface area contributed by atoms with Gasteiger partial charge in [0.1, 0.15) is 5.75 Å². The predicted octanol–water partition coefficient (Wildman–Crippen LogP) is 3.79. The molecule has 20 heavy (non-hydrogen) atoms. The molecular formula is C14H16F3NO2. The van der Waals surface area contributed by atoms with Crippen LogP contribution in [0.1, 0.15) is 36.5 Å². The number of benzene rings is 1. The first-order valence-corrected chi connectivity index (χ1v) is 6.43. The first kappa shape index (κ1) is 14.7. The van der Waals surface area contributed by atoms with E-state index in [1.165, 1.54) is 25.3 Å². The lowest BCUT2D eigenvalue weighted by Crippen LogP contribution is -2.54. The van der Waals surface area contributed by atoms with Crippen molar-refractivity contribution in [1.82, 2.24) is 0 Å². The number of hydrogen-bond acceptors (Lipinski definition) is 3. The molecular weight excluding hydrogens is 271 g/mol. The highest BCUT2D eigenvalue weighted by molar-refractivity contribution is 6.14. The maximum absolute atomic E-state index is 13.4. The third-order valence-electron chi connectivity index (χ3n) is 3.60. The summed E-state index contributed by atoms with van der Waals surface area (Å²) in [6.45, 7) is 1.79. The molecule has 0 amide bonds. The lowest BCUT2D eigenvalue weighted by molar-refractivity contribution is -0.165. The van der Waals surface area contributed by atoms with Crippen molar-refractivity contribution < 1.29 is 22.7 Å². The minimum Gasteiger partial charge on any atom is -0.497 e. The van der Waals surface area contributed by atoms with Crippen LogP contribution >= 0.6 is 0 Å². The van der Waals surface area contributed by atoms with E-state index in [-0.39, 0.29) is 17.7 Å². The minimum absolute atomic E-state index is 0.0396. The van der Waals surface area contributed by atoms with Crippen molar-refractivity contribution in [1.29, 1.82) is 0 Å². The van der Waals surface area contributed by atoms with Crippen LogP contribution in [-0.2, 0) is 0 Å². The van der Waals surface area contributed by atoms with Crippen molar-refractivity contribution in [3.63, 3.8) is 0 Å².